The molecule has 0 aliphatic rings. The van der Waals surface area contributed by atoms with Gasteiger partial charge in [0.2, 0.25) is 5.95 Å². The fourth-order valence-electron chi connectivity index (χ4n) is 1.28. The third kappa shape index (κ3) is 2.79. The lowest BCUT2D eigenvalue weighted by Gasteiger charge is -2.19. The van der Waals surface area contributed by atoms with Crippen LogP contribution < -0.4 is 10.2 Å². The van der Waals surface area contributed by atoms with Crippen molar-refractivity contribution in [2.45, 2.75) is 6.92 Å². The van der Waals surface area contributed by atoms with Crippen LogP contribution in [-0.4, -0.2) is 30.6 Å². The minimum Gasteiger partial charge on any atom is -0.357 e. The molecule has 16 heavy (non-hydrogen) atoms. The zero-order chi connectivity index (χ0) is 12.1. The van der Waals surface area contributed by atoms with E-state index in [0.717, 1.165) is 6.20 Å². The topological polar surface area (TPSA) is 64.8 Å². The molecule has 0 saturated heterocycles. The summed E-state index contributed by atoms with van der Waals surface area (Å²) < 4.78 is 13.4. The highest BCUT2D eigenvalue weighted by Crippen LogP contribution is 2.16. The van der Waals surface area contributed by atoms with Gasteiger partial charge in [0, 0.05) is 20.6 Å². The standard InChI is InChI=1S/C10H14FN5/c1-7(4-12)6-16(3)9-8(11)5-14-10(13-2)15-9/h5,7H,6H2,1-3H3,(H,13,14,15). The molecule has 0 saturated carbocycles. The van der Waals surface area contributed by atoms with Crippen molar-refractivity contribution in [2.24, 2.45) is 5.92 Å². The van der Waals surface area contributed by atoms with Gasteiger partial charge in [-0.2, -0.15) is 10.2 Å². The first-order valence-corrected chi connectivity index (χ1v) is 4.89. The smallest absolute Gasteiger partial charge is 0.224 e. The first kappa shape index (κ1) is 12.2. The summed E-state index contributed by atoms with van der Waals surface area (Å²) in [7, 11) is 3.35. The van der Waals surface area contributed by atoms with Crippen LogP contribution in [0.4, 0.5) is 16.2 Å². The summed E-state index contributed by atoms with van der Waals surface area (Å²) in [6.45, 7) is 2.20. The van der Waals surface area contributed by atoms with Gasteiger partial charge >= 0.3 is 0 Å². The summed E-state index contributed by atoms with van der Waals surface area (Å²) in [5.41, 5.74) is 0. The zero-order valence-electron chi connectivity index (χ0n) is 9.53. The number of nitrogens with zero attached hydrogens (tertiary/aromatic N) is 4. The van der Waals surface area contributed by atoms with Gasteiger partial charge in [0.1, 0.15) is 0 Å². The number of hydrogen-bond donors (Lipinski definition) is 1. The van der Waals surface area contributed by atoms with Gasteiger partial charge in [-0.1, -0.05) is 0 Å². The third-order valence-corrected chi connectivity index (χ3v) is 2.08. The molecule has 5 nitrogen and oxygen atoms in total. The normalized spacial score (nSPS) is 11.7. The molecule has 0 aliphatic carbocycles. The Bertz CT molecular complexity index is 401. The fraction of sp³-hybridized carbons (Fsp3) is 0.500. The Kier molecular flexibility index (Phi) is 4.00. The largest absolute Gasteiger partial charge is 0.357 e. The summed E-state index contributed by atoms with van der Waals surface area (Å²) in [6, 6.07) is 2.09. The number of rotatable bonds is 4. The first-order chi connectivity index (χ1) is 7.58. The van der Waals surface area contributed by atoms with Crippen LogP contribution in [0, 0.1) is 23.1 Å². The maximum atomic E-state index is 13.4. The molecule has 1 unspecified atom stereocenters. The predicted molar refractivity (Wildman–Crippen MR) is 59.6 cm³/mol. The van der Waals surface area contributed by atoms with E-state index in [1.165, 1.54) is 0 Å². The fourth-order valence-corrected chi connectivity index (χ4v) is 1.28. The molecular formula is C10H14FN5. The molecule has 1 aromatic heterocycles. The second-order valence-corrected chi connectivity index (χ2v) is 3.53. The molecule has 0 radical (unpaired) electrons. The molecule has 1 N–H and O–H groups in total. The number of hydrogen-bond acceptors (Lipinski definition) is 5. The van der Waals surface area contributed by atoms with E-state index in [9.17, 15) is 4.39 Å². The van der Waals surface area contributed by atoms with E-state index in [4.69, 9.17) is 5.26 Å². The van der Waals surface area contributed by atoms with E-state index in [1.54, 1.807) is 25.9 Å². The minimum atomic E-state index is -0.494. The van der Waals surface area contributed by atoms with Gasteiger partial charge < -0.3 is 10.2 Å². The average Bonchev–Trinajstić information content (AvgIpc) is 2.29. The SMILES string of the molecule is CNc1ncc(F)c(N(C)CC(C)C#N)n1. The van der Waals surface area contributed by atoms with Crippen molar-refractivity contribution >= 4 is 11.8 Å². The third-order valence-electron chi connectivity index (χ3n) is 2.08. The van der Waals surface area contributed by atoms with Crippen LogP contribution in [0.3, 0.4) is 0 Å². The molecule has 0 aliphatic heterocycles. The number of anilines is 2. The van der Waals surface area contributed by atoms with Crippen LogP contribution in [0.2, 0.25) is 0 Å². The lowest BCUT2D eigenvalue weighted by atomic mass is 10.2. The summed E-state index contributed by atoms with van der Waals surface area (Å²) in [4.78, 5) is 9.35. The first-order valence-electron chi connectivity index (χ1n) is 4.89. The Morgan fingerprint density at radius 3 is 2.94 bits per heavy atom. The predicted octanol–water partition coefficient (Wildman–Crippen LogP) is 1.25. The molecule has 1 atom stereocenters. The van der Waals surface area contributed by atoms with Crippen molar-refractivity contribution in [1.82, 2.24) is 9.97 Å². The molecule has 1 heterocycles. The number of aromatic nitrogens is 2. The number of halogens is 1. The van der Waals surface area contributed by atoms with E-state index in [0.29, 0.717) is 12.5 Å². The Balaban J connectivity index is 2.90. The van der Waals surface area contributed by atoms with Crippen LogP contribution in [0.25, 0.3) is 0 Å². The Morgan fingerprint density at radius 1 is 1.69 bits per heavy atom. The van der Waals surface area contributed by atoms with Crippen LogP contribution in [-0.2, 0) is 0 Å². The molecule has 1 rings (SSSR count). The average molecular weight is 223 g/mol. The van der Waals surface area contributed by atoms with Crippen molar-refractivity contribution in [3.8, 4) is 6.07 Å². The van der Waals surface area contributed by atoms with E-state index in [2.05, 4.69) is 21.4 Å². The van der Waals surface area contributed by atoms with Gasteiger partial charge in [0.05, 0.1) is 18.2 Å². The second-order valence-electron chi connectivity index (χ2n) is 3.53. The monoisotopic (exact) mass is 223 g/mol. The van der Waals surface area contributed by atoms with Gasteiger partial charge in [0.15, 0.2) is 11.6 Å². The summed E-state index contributed by atoms with van der Waals surface area (Å²) >= 11 is 0. The Labute approximate surface area is 93.9 Å². The lowest BCUT2D eigenvalue weighted by Crippen LogP contribution is -2.25. The summed E-state index contributed by atoms with van der Waals surface area (Å²) in [6.07, 6.45) is 1.11. The van der Waals surface area contributed by atoms with Gasteiger partial charge in [0.25, 0.3) is 0 Å². The van der Waals surface area contributed by atoms with Gasteiger partial charge in [-0.25, -0.2) is 9.37 Å². The summed E-state index contributed by atoms with van der Waals surface area (Å²) in [5, 5.41) is 11.4. The highest BCUT2D eigenvalue weighted by Gasteiger charge is 2.13. The van der Waals surface area contributed by atoms with Gasteiger partial charge in [-0.3, -0.25) is 0 Å². The molecule has 0 spiro atoms. The van der Waals surface area contributed by atoms with Crippen molar-refractivity contribution in [3.63, 3.8) is 0 Å². The van der Waals surface area contributed by atoms with Crippen molar-refractivity contribution in [1.29, 1.82) is 5.26 Å². The van der Waals surface area contributed by atoms with Crippen molar-refractivity contribution in [2.75, 3.05) is 30.9 Å². The van der Waals surface area contributed by atoms with Crippen LogP contribution in [0.1, 0.15) is 6.92 Å². The summed E-state index contributed by atoms with van der Waals surface area (Å²) in [5.74, 6) is -0.127. The number of nitriles is 1. The van der Waals surface area contributed by atoms with E-state index in [-0.39, 0.29) is 11.7 Å². The van der Waals surface area contributed by atoms with E-state index in [1.807, 2.05) is 0 Å². The molecule has 6 heteroatoms. The van der Waals surface area contributed by atoms with E-state index < -0.39 is 5.82 Å². The maximum absolute atomic E-state index is 13.4. The molecule has 0 fully saturated rings. The minimum absolute atomic E-state index is 0.183. The maximum Gasteiger partial charge on any atom is 0.224 e. The van der Waals surface area contributed by atoms with Crippen LogP contribution >= 0.6 is 0 Å². The highest BCUT2D eigenvalue weighted by molar-refractivity contribution is 5.43. The molecule has 0 aromatic carbocycles. The Morgan fingerprint density at radius 2 is 2.38 bits per heavy atom. The lowest BCUT2D eigenvalue weighted by molar-refractivity contribution is 0.600. The van der Waals surface area contributed by atoms with Crippen molar-refractivity contribution in [3.05, 3.63) is 12.0 Å². The van der Waals surface area contributed by atoms with Gasteiger partial charge in [-0.15, -0.1) is 0 Å². The molecule has 0 bridgehead atoms. The zero-order valence-corrected chi connectivity index (χ0v) is 9.53. The molecule has 1 aromatic rings. The number of nitrogens with one attached hydrogen (secondary N) is 1. The second kappa shape index (κ2) is 5.26. The quantitative estimate of drug-likeness (QED) is 0.832. The Hall–Kier alpha value is -1.90. The van der Waals surface area contributed by atoms with E-state index >= 15 is 0 Å². The van der Waals surface area contributed by atoms with Gasteiger partial charge in [-0.05, 0) is 6.92 Å². The van der Waals surface area contributed by atoms with Crippen LogP contribution in [0.15, 0.2) is 6.20 Å². The molecule has 86 valence electrons. The highest BCUT2D eigenvalue weighted by atomic mass is 19.1. The van der Waals surface area contributed by atoms with Crippen LogP contribution in [0.5, 0.6) is 0 Å². The van der Waals surface area contributed by atoms with Crippen molar-refractivity contribution < 1.29 is 4.39 Å². The molecule has 0 amide bonds. The molecular weight excluding hydrogens is 209 g/mol.